The van der Waals surface area contributed by atoms with Crippen LogP contribution in [0.25, 0.3) is 0 Å². The van der Waals surface area contributed by atoms with E-state index in [1.54, 1.807) is 12.1 Å². The minimum Gasteiger partial charge on any atom is -0.372 e. The third-order valence-corrected chi connectivity index (χ3v) is 3.17. The number of rotatable bonds is 5. The summed E-state index contributed by atoms with van der Waals surface area (Å²) in [5, 5.41) is 0. The van der Waals surface area contributed by atoms with Crippen LogP contribution in [0, 0.1) is 11.7 Å². The second kappa shape index (κ2) is 6.21. The van der Waals surface area contributed by atoms with Gasteiger partial charge in [0.05, 0.1) is 5.69 Å². The van der Waals surface area contributed by atoms with Gasteiger partial charge in [-0.15, -0.1) is 0 Å². The van der Waals surface area contributed by atoms with Crippen LogP contribution in [0.15, 0.2) is 22.7 Å². The van der Waals surface area contributed by atoms with Crippen LogP contribution in [-0.2, 0) is 0 Å². The van der Waals surface area contributed by atoms with Gasteiger partial charge in [0, 0.05) is 18.1 Å². The fraction of sp³-hybridized carbons (Fsp3) is 0.500. The van der Waals surface area contributed by atoms with E-state index in [4.69, 9.17) is 5.73 Å². The lowest BCUT2D eigenvalue weighted by atomic mass is 10.1. The quantitative estimate of drug-likeness (QED) is 0.903. The van der Waals surface area contributed by atoms with Crippen LogP contribution < -0.4 is 10.6 Å². The number of benzene rings is 1. The Kier molecular flexibility index (Phi) is 5.22. The predicted octanol–water partition coefficient (Wildman–Crippen LogP) is 3.01. The van der Waals surface area contributed by atoms with Crippen molar-refractivity contribution in [1.82, 2.24) is 0 Å². The van der Waals surface area contributed by atoms with Crippen LogP contribution in [0.4, 0.5) is 10.1 Å². The Morgan fingerprint density at radius 3 is 2.81 bits per heavy atom. The first-order valence-corrected chi connectivity index (χ1v) is 6.20. The zero-order valence-electron chi connectivity index (χ0n) is 9.71. The molecule has 0 saturated carbocycles. The summed E-state index contributed by atoms with van der Waals surface area (Å²) in [6.45, 7) is 3.59. The van der Waals surface area contributed by atoms with Crippen molar-refractivity contribution in [2.75, 3.05) is 25.0 Å². The van der Waals surface area contributed by atoms with E-state index in [1.807, 2.05) is 11.9 Å². The van der Waals surface area contributed by atoms with Gasteiger partial charge in [-0.2, -0.15) is 0 Å². The first-order valence-electron chi connectivity index (χ1n) is 5.41. The summed E-state index contributed by atoms with van der Waals surface area (Å²) in [4.78, 5) is 1.92. The first-order chi connectivity index (χ1) is 7.54. The molecule has 2 N–H and O–H groups in total. The van der Waals surface area contributed by atoms with E-state index < -0.39 is 0 Å². The Morgan fingerprint density at radius 2 is 2.19 bits per heavy atom. The molecule has 0 amide bonds. The molecule has 0 aromatic heterocycles. The summed E-state index contributed by atoms with van der Waals surface area (Å²) in [6.07, 6.45) is 0.971. The summed E-state index contributed by atoms with van der Waals surface area (Å²) in [5.41, 5.74) is 6.17. The monoisotopic (exact) mass is 288 g/mol. The molecule has 1 aromatic rings. The van der Waals surface area contributed by atoms with E-state index in [-0.39, 0.29) is 5.82 Å². The van der Waals surface area contributed by atoms with Crippen molar-refractivity contribution in [2.24, 2.45) is 11.7 Å². The Bertz CT molecular complexity index is 344. The van der Waals surface area contributed by atoms with Crippen molar-refractivity contribution in [3.05, 3.63) is 28.5 Å². The number of nitrogens with two attached hydrogens (primary N) is 1. The van der Waals surface area contributed by atoms with Crippen molar-refractivity contribution in [3.63, 3.8) is 0 Å². The normalized spacial score (nSPS) is 12.6. The van der Waals surface area contributed by atoms with E-state index in [1.165, 1.54) is 6.07 Å². The zero-order chi connectivity index (χ0) is 12.1. The fourth-order valence-corrected chi connectivity index (χ4v) is 1.78. The lowest BCUT2D eigenvalue weighted by molar-refractivity contribution is 0.540. The Hall–Kier alpha value is -0.610. The maximum absolute atomic E-state index is 13.5. The molecule has 16 heavy (non-hydrogen) atoms. The van der Waals surface area contributed by atoms with Gasteiger partial charge < -0.3 is 10.6 Å². The summed E-state index contributed by atoms with van der Waals surface area (Å²) in [6, 6.07) is 4.97. The third kappa shape index (κ3) is 3.76. The maximum Gasteiger partial charge on any atom is 0.146 e. The molecule has 0 aliphatic heterocycles. The van der Waals surface area contributed by atoms with Crippen LogP contribution in [0.1, 0.15) is 13.3 Å². The second-order valence-corrected chi connectivity index (χ2v) is 5.06. The molecule has 0 fully saturated rings. The molecule has 1 unspecified atom stereocenters. The Morgan fingerprint density at radius 1 is 1.50 bits per heavy atom. The Balaban J connectivity index is 2.65. The highest BCUT2D eigenvalue weighted by atomic mass is 79.9. The van der Waals surface area contributed by atoms with Gasteiger partial charge in [-0.05, 0) is 37.1 Å². The molecular weight excluding hydrogens is 271 g/mol. The molecule has 4 heteroatoms. The molecule has 0 aliphatic carbocycles. The average molecular weight is 289 g/mol. The molecule has 0 heterocycles. The molecule has 0 saturated heterocycles. The molecule has 0 radical (unpaired) electrons. The minimum atomic E-state index is -0.189. The third-order valence-electron chi connectivity index (χ3n) is 2.68. The highest BCUT2D eigenvalue weighted by Crippen LogP contribution is 2.23. The van der Waals surface area contributed by atoms with Gasteiger partial charge in [0.1, 0.15) is 5.82 Å². The highest BCUT2D eigenvalue weighted by molar-refractivity contribution is 9.10. The Labute approximate surface area is 105 Å². The summed E-state index contributed by atoms with van der Waals surface area (Å²) in [5.74, 6) is 0.281. The number of hydrogen-bond acceptors (Lipinski definition) is 2. The number of anilines is 1. The fourth-order valence-electron chi connectivity index (χ4n) is 1.43. The van der Waals surface area contributed by atoms with Gasteiger partial charge in [0.15, 0.2) is 0 Å². The molecule has 0 aliphatic rings. The largest absolute Gasteiger partial charge is 0.372 e. The van der Waals surface area contributed by atoms with E-state index in [0.717, 1.165) is 17.4 Å². The van der Waals surface area contributed by atoms with Gasteiger partial charge in [0.2, 0.25) is 0 Å². The summed E-state index contributed by atoms with van der Waals surface area (Å²) < 4.78 is 14.4. The van der Waals surface area contributed by atoms with Gasteiger partial charge in [-0.1, -0.05) is 22.9 Å². The van der Waals surface area contributed by atoms with E-state index in [2.05, 4.69) is 22.9 Å². The molecule has 1 aromatic carbocycles. The number of halogens is 2. The van der Waals surface area contributed by atoms with Crippen LogP contribution in [-0.4, -0.2) is 20.1 Å². The van der Waals surface area contributed by atoms with E-state index in [0.29, 0.717) is 18.2 Å². The zero-order valence-corrected chi connectivity index (χ0v) is 11.3. The molecule has 1 atom stereocenters. The minimum absolute atomic E-state index is 0.189. The van der Waals surface area contributed by atoms with Gasteiger partial charge in [-0.25, -0.2) is 4.39 Å². The van der Waals surface area contributed by atoms with Crippen LogP contribution >= 0.6 is 15.9 Å². The topological polar surface area (TPSA) is 29.3 Å². The van der Waals surface area contributed by atoms with Crippen molar-refractivity contribution in [3.8, 4) is 0 Å². The smallest absolute Gasteiger partial charge is 0.146 e. The molecule has 1 rings (SSSR count). The number of nitrogens with zero attached hydrogens (tertiary/aromatic N) is 1. The molecule has 0 spiro atoms. The summed E-state index contributed by atoms with van der Waals surface area (Å²) in [7, 11) is 1.90. The molecule has 2 nitrogen and oxygen atoms in total. The van der Waals surface area contributed by atoms with Crippen molar-refractivity contribution in [2.45, 2.75) is 13.3 Å². The van der Waals surface area contributed by atoms with Gasteiger partial charge in [0.25, 0.3) is 0 Å². The van der Waals surface area contributed by atoms with Gasteiger partial charge >= 0.3 is 0 Å². The van der Waals surface area contributed by atoms with Crippen molar-refractivity contribution < 1.29 is 4.39 Å². The van der Waals surface area contributed by atoms with Crippen LogP contribution in [0.5, 0.6) is 0 Å². The van der Waals surface area contributed by atoms with Gasteiger partial charge in [-0.3, -0.25) is 0 Å². The molecule has 90 valence electrons. The molecule has 0 bridgehead atoms. The van der Waals surface area contributed by atoms with E-state index >= 15 is 0 Å². The maximum atomic E-state index is 13.5. The number of hydrogen-bond donors (Lipinski definition) is 1. The van der Waals surface area contributed by atoms with E-state index in [9.17, 15) is 4.39 Å². The SMILES string of the molecule is CC(CN)CCN(C)c1cc(Br)ccc1F. The van der Waals surface area contributed by atoms with Crippen molar-refractivity contribution in [1.29, 1.82) is 0 Å². The highest BCUT2D eigenvalue weighted by Gasteiger charge is 2.09. The van der Waals surface area contributed by atoms with Crippen LogP contribution in [0.3, 0.4) is 0 Å². The van der Waals surface area contributed by atoms with Crippen molar-refractivity contribution >= 4 is 21.6 Å². The van der Waals surface area contributed by atoms with Crippen LogP contribution in [0.2, 0.25) is 0 Å². The average Bonchev–Trinajstić information content (AvgIpc) is 2.28. The standard InChI is InChI=1S/C12H18BrFN2/c1-9(8-15)5-6-16(2)12-7-10(13)3-4-11(12)14/h3-4,7,9H,5-6,8,15H2,1-2H3. The lowest BCUT2D eigenvalue weighted by Gasteiger charge is -2.21. The predicted molar refractivity (Wildman–Crippen MR) is 70.2 cm³/mol. The first kappa shape index (κ1) is 13.5. The molecular formula is C12H18BrFN2. The lowest BCUT2D eigenvalue weighted by Crippen LogP contribution is -2.23. The second-order valence-electron chi connectivity index (χ2n) is 4.15. The summed E-state index contributed by atoms with van der Waals surface area (Å²) >= 11 is 3.34.